The molecule has 4 atom stereocenters. The highest BCUT2D eigenvalue weighted by Gasteiger charge is 2.25. The number of rotatable bonds is 30. The number of amides is 4. The van der Waals surface area contributed by atoms with Gasteiger partial charge in [0.25, 0.3) is 0 Å². The molecule has 1 heterocycles. The first-order valence-electron chi connectivity index (χ1n) is 22.9. The van der Waals surface area contributed by atoms with Crippen LogP contribution in [0.3, 0.4) is 0 Å². The molecule has 1 aliphatic rings. The SMILES string of the molecule is O=C1CCCNC(=O)[C@H](CCCCN[C@H](CCc2ccc(N(CCCl)CCCl)cc2)C(=O)O)NC(=O)CNC(=O)[C@H](CCCCN[C@@H](CCc2ccc(N(CCCl)CCCl)cc2)C(=O)O)N1. The highest BCUT2D eigenvalue weighted by molar-refractivity contribution is 6.19. The molecule has 368 valence electrons. The van der Waals surface area contributed by atoms with Crippen LogP contribution in [-0.4, -0.2) is 146 Å². The number of unbranched alkanes of at least 4 members (excludes halogenated alkanes) is 2. The largest absolute Gasteiger partial charge is 0.480 e. The summed E-state index contributed by atoms with van der Waals surface area (Å²) >= 11 is 23.7. The quantitative estimate of drug-likeness (QED) is 0.0407. The van der Waals surface area contributed by atoms with Crippen molar-refractivity contribution in [2.24, 2.45) is 0 Å². The normalized spacial score (nSPS) is 17.1. The van der Waals surface area contributed by atoms with Crippen LogP contribution in [0.2, 0.25) is 0 Å². The molecule has 1 fully saturated rings. The maximum Gasteiger partial charge on any atom is 0.320 e. The Balaban J connectivity index is 1.43. The summed E-state index contributed by atoms with van der Waals surface area (Å²) in [4.78, 5) is 80.4. The van der Waals surface area contributed by atoms with Crippen LogP contribution in [0.1, 0.15) is 75.3 Å². The van der Waals surface area contributed by atoms with Crippen LogP contribution in [0.5, 0.6) is 0 Å². The molecule has 4 amide bonds. The minimum Gasteiger partial charge on any atom is -0.480 e. The molecule has 0 saturated carbocycles. The fourth-order valence-corrected chi connectivity index (χ4v) is 8.38. The molecule has 2 aromatic carbocycles. The second-order valence-electron chi connectivity index (χ2n) is 16.2. The predicted molar refractivity (Wildman–Crippen MR) is 263 cm³/mol. The number of aliphatic carboxylic acids is 2. The average molecular weight is 1000 g/mol. The van der Waals surface area contributed by atoms with E-state index in [2.05, 4.69) is 41.7 Å². The summed E-state index contributed by atoms with van der Waals surface area (Å²) < 4.78 is 0. The first kappa shape index (κ1) is 56.3. The van der Waals surface area contributed by atoms with Gasteiger partial charge in [-0.2, -0.15) is 0 Å². The van der Waals surface area contributed by atoms with Gasteiger partial charge in [-0.3, -0.25) is 28.8 Å². The molecule has 0 spiro atoms. The Bertz CT molecular complexity index is 1770. The second kappa shape index (κ2) is 32.6. The second-order valence-corrected chi connectivity index (χ2v) is 17.7. The summed E-state index contributed by atoms with van der Waals surface area (Å²) in [5, 5.41) is 36.7. The number of halogens is 4. The third-order valence-corrected chi connectivity index (χ3v) is 12.0. The predicted octanol–water partition coefficient (Wildman–Crippen LogP) is 4.24. The summed E-state index contributed by atoms with van der Waals surface area (Å²) in [6.45, 7) is 3.21. The van der Waals surface area contributed by atoms with Crippen molar-refractivity contribution >= 4 is 93.3 Å². The topological polar surface area (TPSA) is 222 Å². The van der Waals surface area contributed by atoms with Gasteiger partial charge in [-0.15, -0.1) is 46.4 Å². The summed E-state index contributed by atoms with van der Waals surface area (Å²) in [5.41, 5.74) is 4.00. The molecule has 2 aromatic rings. The van der Waals surface area contributed by atoms with Crippen molar-refractivity contribution in [3.05, 3.63) is 59.7 Å². The van der Waals surface area contributed by atoms with Gasteiger partial charge in [0.15, 0.2) is 0 Å². The van der Waals surface area contributed by atoms with Gasteiger partial charge in [-0.1, -0.05) is 24.3 Å². The number of nitrogens with zero attached hydrogens (tertiary/aromatic N) is 2. The number of carbonyl (C=O) groups excluding carboxylic acids is 4. The number of carboxylic acid groups (broad SMARTS) is 2. The number of carboxylic acids is 2. The van der Waals surface area contributed by atoms with E-state index >= 15 is 0 Å². The monoisotopic (exact) mass is 1000 g/mol. The first-order chi connectivity index (χ1) is 31.9. The van der Waals surface area contributed by atoms with Gasteiger partial charge < -0.3 is 51.9 Å². The van der Waals surface area contributed by atoms with Crippen molar-refractivity contribution in [3.63, 3.8) is 0 Å². The number of benzene rings is 2. The number of hydrogen-bond donors (Lipinski definition) is 8. The van der Waals surface area contributed by atoms with Crippen molar-refractivity contribution in [3.8, 4) is 0 Å². The lowest BCUT2D eigenvalue weighted by Crippen LogP contribution is -2.53. The van der Waals surface area contributed by atoms with Gasteiger partial charge in [0, 0.05) is 74.0 Å². The summed E-state index contributed by atoms with van der Waals surface area (Å²) in [6, 6.07) is 12.5. The molecule has 66 heavy (non-hydrogen) atoms. The number of aryl methyl sites for hydroxylation is 2. The molecule has 16 nitrogen and oxygen atoms in total. The Labute approximate surface area is 408 Å². The summed E-state index contributed by atoms with van der Waals surface area (Å²) in [7, 11) is 0. The van der Waals surface area contributed by atoms with Crippen LogP contribution in [0.25, 0.3) is 0 Å². The first-order valence-corrected chi connectivity index (χ1v) is 25.0. The third kappa shape index (κ3) is 21.7. The highest BCUT2D eigenvalue weighted by Crippen LogP contribution is 2.19. The molecule has 1 aliphatic heterocycles. The van der Waals surface area contributed by atoms with Gasteiger partial charge in [0.05, 0.1) is 6.54 Å². The standard InChI is InChI=1S/C46H68Cl4N8O8/c47-21-28-57(29-22-48)35-15-9-33(10-16-35)13-19-39(45(63)64)51-25-3-1-6-37-43(61)53-27-5-8-41(59)55-38(44(62)54-32-42(60)56-37)7-2-4-26-52-40(46(65)66)20-14-34-11-17-36(18-12-34)58(30-23-49)31-24-50/h9-12,15-18,37-40,51-52H,1-8,13-14,19-32H2,(H,53,61)(H,54,62)(H,55,59)(H,56,60)(H,63,64)(H,65,66)/t37-,38-,39+,40-/m0/s1. The number of alkyl halides is 4. The Hall–Kier alpha value is -4.06. The number of anilines is 2. The van der Waals surface area contributed by atoms with Gasteiger partial charge in [-0.05, 0) is 119 Å². The van der Waals surface area contributed by atoms with Crippen LogP contribution < -0.4 is 41.7 Å². The van der Waals surface area contributed by atoms with Crippen molar-refractivity contribution in [1.82, 2.24) is 31.9 Å². The van der Waals surface area contributed by atoms with Crippen LogP contribution in [0, 0.1) is 0 Å². The van der Waals surface area contributed by atoms with E-state index in [1.165, 1.54) is 0 Å². The molecule has 0 radical (unpaired) electrons. The van der Waals surface area contributed by atoms with E-state index in [-0.39, 0.29) is 31.7 Å². The Morgan fingerprint density at radius 3 is 1.42 bits per heavy atom. The van der Waals surface area contributed by atoms with Gasteiger partial charge in [-0.25, -0.2) is 0 Å². The zero-order valence-electron chi connectivity index (χ0n) is 37.6. The molecular weight excluding hydrogens is 934 g/mol. The van der Waals surface area contributed by atoms with Crippen molar-refractivity contribution in [2.45, 2.75) is 101 Å². The minimum absolute atomic E-state index is 0.0637. The summed E-state index contributed by atoms with van der Waals surface area (Å²) in [5.74, 6) is -1.92. The van der Waals surface area contributed by atoms with Gasteiger partial charge >= 0.3 is 11.9 Å². The van der Waals surface area contributed by atoms with Crippen LogP contribution in [0.15, 0.2) is 48.5 Å². The molecule has 20 heteroatoms. The summed E-state index contributed by atoms with van der Waals surface area (Å²) in [6.07, 6.45) is 4.84. The van der Waals surface area contributed by atoms with Crippen LogP contribution in [-0.2, 0) is 41.6 Å². The molecule has 0 unspecified atom stereocenters. The third-order valence-electron chi connectivity index (χ3n) is 11.3. The molecule has 1 saturated heterocycles. The molecule has 0 bridgehead atoms. The molecule has 3 rings (SSSR count). The number of nitrogens with one attached hydrogen (secondary N) is 6. The minimum atomic E-state index is -0.961. The fourth-order valence-electron chi connectivity index (χ4n) is 7.57. The van der Waals surface area contributed by atoms with Crippen LogP contribution >= 0.6 is 46.4 Å². The Morgan fingerprint density at radius 2 is 1.02 bits per heavy atom. The average Bonchev–Trinajstić information content (AvgIpc) is 3.30. The lowest BCUT2D eigenvalue weighted by atomic mass is 10.0. The van der Waals surface area contributed by atoms with E-state index in [1.807, 2.05) is 48.5 Å². The van der Waals surface area contributed by atoms with E-state index in [1.54, 1.807) is 0 Å². The van der Waals surface area contributed by atoms with E-state index in [4.69, 9.17) is 46.4 Å². The zero-order chi connectivity index (χ0) is 48.1. The van der Waals surface area contributed by atoms with Crippen molar-refractivity contribution in [2.75, 3.05) is 85.7 Å². The highest BCUT2D eigenvalue weighted by atomic mass is 35.5. The zero-order valence-corrected chi connectivity index (χ0v) is 40.7. The molecule has 0 aliphatic carbocycles. The Kier molecular flexibility index (Phi) is 27.8. The van der Waals surface area contributed by atoms with Crippen molar-refractivity contribution in [1.29, 1.82) is 0 Å². The molecule has 0 aromatic heterocycles. The van der Waals surface area contributed by atoms with E-state index in [0.717, 1.165) is 22.5 Å². The number of hydrogen-bond acceptors (Lipinski definition) is 10. The van der Waals surface area contributed by atoms with Crippen molar-refractivity contribution < 1.29 is 39.0 Å². The van der Waals surface area contributed by atoms with Gasteiger partial charge in [0.1, 0.15) is 24.2 Å². The lowest BCUT2D eigenvalue weighted by Gasteiger charge is -2.23. The smallest absolute Gasteiger partial charge is 0.320 e. The lowest BCUT2D eigenvalue weighted by molar-refractivity contribution is -0.140. The van der Waals surface area contributed by atoms with E-state index in [0.29, 0.717) is 121 Å². The maximum atomic E-state index is 13.2. The molecule has 8 N–H and O–H groups in total. The van der Waals surface area contributed by atoms with Crippen LogP contribution in [0.4, 0.5) is 11.4 Å². The maximum absolute atomic E-state index is 13.2. The van der Waals surface area contributed by atoms with E-state index < -0.39 is 60.4 Å². The Morgan fingerprint density at radius 1 is 0.606 bits per heavy atom. The molecular formula is C46H68Cl4N8O8. The fraction of sp³-hybridized carbons (Fsp3) is 0.609. The van der Waals surface area contributed by atoms with E-state index in [9.17, 15) is 39.0 Å². The van der Waals surface area contributed by atoms with Gasteiger partial charge in [0.2, 0.25) is 23.6 Å². The number of carbonyl (C=O) groups is 6.